The lowest BCUT2D eigenvalue weighted by Gasteiger charge is -2.24. The topological polar surface area (TPSA) is 37.3 Å². The number of Topliss-reactive ketones (excluding diaryl/α,β-unsaturated/α-hetero) is 1. The molecule has 0 amide bonds. The lowest BCUT2D eigenvalue weighted by atomic mass is 9.89. The summed E-state index contributed by atoms with van der Waals surface area (Å²) in [5.74, 6) is -0.520. The molecule has 1 atom stereocenters. The number of hydrogen-bond donors (Lipinski definition) is 1. The average Bonchev–Trinajstić information content (AvgIpc) is 1.86. The van der Waals surface area contributed by atoms with Gasteiger partial charge in [-0.05, 0) is 12.8 Å². The smallest absolute Gasteiger partial charge is 0.178 e. The molecule has 1 N–H and O–H groups in total. The predicted molar refractivity (Wildman–Crippen MR) is 41.2 cm³/mol. The van der Waals surface area contributed by atoms with Gasteiger partial charge in [-0.15, -0.1) is 11.6 Å². The first-order chi connectivity index (χ1) is 4.42. The number of hydrogen-bond acceptors (Lipinski definition) is 2. The van der Waals surface area contributed by atoms with Crippen molar-refractivity contribution in [2.45, 2.75) is 26.4 Å². The van der Waals surface area contributed by atoms with E-state index >= 15 is 0 Å². The Hall–Kier alpha value is -0.0800. The molecule has 0 aliphatic heterocycles. The molecule has 0 saturated carbocycles. The first kappa shape index (κ1) is 9.92. The Labute approximate surface area is 66.2 Å². The molecule has 0 heterocycles. The summed E-state index contributed by atoms with van der Waals surface area (Å²) in [4.78, 5) is 10.9. The van der Waals surface area contributed by atoms with Crippen molar-refractivity contribution in [2.75, 3.05) is 5.88 Å². The van der Waals surface area contributed by atoms with Gasteiger partial charge in [0.2, 0.25) is 0 Å². The minimum Gasteiger partial charge on any atom is -0.382 e. The highest BCUT2D eigenvalue weighted by atomic mass is 35.5. The standard InChI is InChI=1S/C7H13ClO2/c1-5(2)7(3,10)6(9)4-8/h5,10H,4H2,1-3H3. The van der Waals surface area contributed by atoms with E-state index in [0.29, 0.717) is 0 Å². The van der Waals surface area contributed by atoms with Crippen molar-refractivity contribution in [1.82, 2.24) is 0 Å². The summed E-state index contributed by atoms with van der Waals surface area (Å²) in [6, 6.07) is 0. The molecule has 0 aliphatic carbocycles. The van der Waals surface area contributed by atoms with Crippen molar-refractivity contribution < 1.29 is 9.90 Å². The van der Waals surface area contributed by atoms with Crippen LogP contribution < -0.4 is 0 Å². The van der Waals surface area contributed by atoms with Crippen molar-refractivity contribution in [3.8, 4) is 0 Å². The quantitative estimate of drug-likeness (QED) is 0.637. The minimum atomic E-state index is -1.26. The van der Waals surface area contributed by atoms with Crippen LogP contribution in [0.25, 0.3) is 0 Å². The van der Waals surface area contributed by atoms with E-state index in [4.69, 9.17) is 11.6 Å². The van der Waals surface area contributed by atoms with Crippen molar-refractivity contribution >= 4 is 17.4 Å². The van der Waals surface area contributed by atoms with Crippen LogP contribution in [0.15, 0.2) is 0 Å². The maximum Gasteiger partial charge on any atom is 0.178 e. The number of carbonyl (C=O) groups is 1. The molecule has 60 valence electrons. The third-order valence-electron chi connectivity index (χ3n) is 1.81. The fourth-order valence-electron chi connectivity index (χ4n) is 0.457. The van der Waals surface area contributed by atoms with Crippen LogP contribution >= 0.6 is 11.6 Å². The molecule has 0 aromatic heterocycles. The van der Waals surface area contributed by atoms with Crippen LogP contribution in [0.2, 0.25) is 0 Å². The average molecular weight is 165 g/mol. The van der Waals surface area contributed by atoms with E-state index in [2.05, 4.69) is 0 Å². The van der Waals surface area contributed by atoms with Gasteiger partial charge in [0.15, 0.2) is 5.78 Å². The maximum absolute atomic E-state index is 10.9. The fourth-order valence-corrected chi connectivity index (χ4v) is 0.728. The zero-order valence-electron chi connectivity index (χ0n) is 6.52. The van der Waals surface area contributed by atoms with Crippen molar-refractivity contribution in [3.63, 3.8) is 0 Å². The second-order valence-electron chi connectivity index (χ2n) is 2.86. The first-order valence-corrected chi connectivity index (χ1v) is 3.78. The Morgan fingerprint density at radius 1 is 1.70 bits per heavy atom. The number of alkyl halides is 1. The lowest BCUT2D eigenvalue weighted by molar-refractivity contribution is -0.137. The molecule has 0 saturated heterocycles. The second kappa shape index (κ2) is 3.35. The van der Waals surface area contributed by atoms with Gasteiger partial charge in [-0.2, -0.15) is 0 Å². The Bertz CT molecular complexity index is 130. The predicted octanol–water partition coefficient (Wildman–Crippen LogP) is 1.20. The Morgan fingerprint density at radius 2 is 2.10 bits per heavy atom. The van der Waals surface area contributed by atoms with Crippen LogP contribution in [-0.2, 0) is 4.79 Å². The molecule has 0 spiro atoms. The van der Waals surface area contributed by atoms with Crippen molar-refractivity contribution in [3.05, 3.63) is 0 Å². The molecule has 0 aromatic carbocycles. The molecule has 1 unspecified atom stereocenters. The van der Waals surface area contributed by atoms with Gasteiger partial charge in [0, 0.05) is 0 Å². The summed E-state index contributed by atoms with van der Waals surface area (Å²) in [6.07, 6.45) is 0. The van der Waals surface area contributed by atoms with Crippen LogP contribution in [-0.4, -0.2) is 22.4 Å². The van der Waals surface area contributed by atoms with Gasteiger partial charge in [0.25, 0.3) is 0 Å². The molecule has 0 fully saturated rings. The SMILES string of the molecule is CC(C)C(C)(O)C(=O)CCl. The molecule has 0 radical (unpaired) electrons. The van der Waals surface area contributed by atoms with E-state index in [9.17, 15) is 9.90 Å². The van der Waals surface area contributed by atoms with Gasteiger partial charge in [-0.3, -0.25) is 4.79 Å². The summed E-state index contributed by atoms with van der Waals surface area (Å²) in [5, 5.41) is 9.43. The highest BCUT2D eigenvalue weighted by Gasteiger charge is 2.32. The largest absolute Gasteiger partial charge is 0.382 e. The zero-order valence-corrected chi connectivity index (χ0v) is 7.27. The molecule has 0 aromatic rings. The van der Waals surface area contributed by atoms with Crippen molar-refractivity contribution in [2.24, 2.45) is 5.92 Å². The van der Waals surface area contributed by atoms with E-state index in [1.54, 1.807) is 13.8 Å². The molecule has 3 heteroatoms. The van der Waals surface area contributed by atoms with E-state index in [-0.39, 0.29) is 17.6 Å². The molecule has 0 bridgehead atoms. The van der Waals surface area contributed by atoms with Crippen LogP contribution in [0.5, 0.6) is 0 Å². The van der Waals surface area contributed by atoms with Gasteiger partial charge in [-0.25, -0.2) is 0 Å². The van der Waals surface area contributed by atoms with Crippen molar-refractivity contribution in [1.29, 1.82) is 0 Å². The molecular weight excluding hydrogens is 152 g/mol. The van der Waals surface area contributed by atoms with E-state index in [0.717, 1.165) is 0 Å². The van der Waals surface area contributed by atoms with Gasteiger partial charge in [0.1, 0.15) is 5.60 Å². The first-order valence-electron chi connectivity index (χ1n) is 3.24. The number of aliphatic hydroxyl groups is 1. The number of ketones is 1. The lowest BCUT2D eigenvalue weighted by Crippen LogP contribution is -2.41. The third-order valence-corrected chi connectivity index (χ3v) is 2.05. The van der Waals surface area contributed by atoms with Crippen LogP contribution in [0, 0.1) is 5.92 Å². The second-order valence-corrected chi connectivity index (χ2v) is 3.13. The Balaban J connectivity index is 4.24. The fraction of sp³-hybridized carbons (Fsp3) is 0.857. The summed E-state index contributed by atoms with van der Waals surface area (Å²) in [6.45, 7) is 5.05. The molecular formula is C7H13ClO2. The number of halogens is 1. The summed E-state index contributed by atoms with van der Waals surface area (Å²) in [5.41, 5.74) is -1.26. The minimum absolute atomic E-state index is 0.0845. The monoisotopic (exact) mass is 164 g/mol. The third kappa shape index (κ3) is 1.96. The highest BCUT2D eigenvalue weighted by Crippen LogP contribution is 2.17. The Kier molecular flexibility index (Phi) is 3.33. The molecule has 2 nitrogen and oxygen atoms in total. The van der Waals surface area contributed by atoms with Crippen LogP contribution in [0.1, 0.15) is 20.8 Å². The van der Waals surface area contributed by atoms with E-state index < -0.39 is 5.60 Å². The maximum atomic E-state index is 10.9. The Morgan fingerprint density at radius 3 is 2.20 bits per heavy atom. The number of rotatable bonds is 3. The summed E-state index contributed by atoms with van der Waals surface area (Å²) in [7, 11) is 0. The normalized spacial score (nSPS) is 17.0. The van der Waals surface area contributed by atoms with Gasteiger partial charge in [-0.1, -0.05) is 13.8 Å². The van der Waals surface area contributed by atoms with Crippen LogP contribution in [0.4, 0.5) is 0 Å². The summed E-state index contributed by atoms with van der Waals surface area (Å²) >= 11 is 5.27. The highest BCUT2D eigenvalue weighted by molar-refractivity contribution is 6.28. The van der Waals surface area contributed by atoms with Gasteiger partial charge >= 0.3 is 0 Å². The van der Waals surface area contributed by atoms with E-state index in [1.807, 2.05) is 0 Å². The van der Waals surface area contributed by atoms with Crippen LogP contribution in [0.3, 0.4) is 0 Å². The van der Waals surface area contributed by atoms with Gasteiger partial charge in [0.05, 0.1) is 5.88 Å². The summed E-state index contributed by atoms with van der Waals surface area (Å²) < 4.78 is 0. The number of carbonyl (C=O) groups excluding carboxylic acids is 1. The van der Waals surface area contributed by atoms with E-state index in [1.165, 1.54) is 6.92 Å². The van der Waals surface area contributed by atoms with Gasteiger partial charge < -0.3 is 5.11 Å². The molecule has 0 rings (SSSR count). The molecule has 10 heavy (non-hydrogen) atoms. The molecule has 0 aliphatic rings. The zero-order chi connectivity index (χ0) is 8.36.